The molecule has 0 bridgehead atoms. The summed E-state index contributed by atoms with van der Waals surface area (Å²) < 4.78 is 5.94. The van der Waals surface area contributed by atoms with E-state index in [1.807, 2.05) is 60.7 Å². The van der Waals surface area contributed by atoms with Crippen LogP contribution >= 0.6 is 0 Å². The van der Waals surface area contributed by atoms with Crippen molar-refractivity contribution in [2.75, 3.05) is 0 Å². The third kappa shape index (κ3) is 3.83. The van der Waals surface area contributed by atoms with Crippen molar-refractivity contribution in [2.45, 2.75) is 43.3 Å². The molecule has 2 aliphatic rings. The van der Waals surface area contributed by atoms with Crippen LogP contribution in [0, 0.1) is 16.0 Å². The van der Waals surface area contributed by atoms with Crippen LogP contribution in [-0.2, 0) is 9.59 Å². The van der Waals surface area contributed by atoms with Gasteiger partial charge in [-0.25, -0.2) is 4.98 Å². The predicted molar refractivity (Wildman–Crippen MR) is 121 cm³/mol. The molecule has 5 atom stereocenters. The van der Waals surface area contributed by atoms with E-state index in [1.54, 1.807) is 13.2 Å². The number of aromatic nitrogens is 1. The second kappa shape index (κ2) is 8.74. The van der Waals surface area contributed by atoms with Gasteiger partial charge in [-0.3, -0.25) is 19.7 Å². The Morgan fingerprint density at radius 1 is 1.00 bits per heavy atom. The van der Waals surface area contributed by atoms with E-state index in [0.29, 0.717) is 11.6 Å². The summed E-state index contributed by atoms with van der Waals surface area (Å²) in [5.41, 5.74) is 2.74. The topological polar surface area (TPSA) is 127 Å². The molecular weight excluding hydrogens is 436 g/mol. The molecule has 2 amide bonds. The van der Waals surface area contributed by atoms with E-state index in [0.717, 1.165) is 11.1 Å². The number of amides is 2. The van der Waals surface area contributed by atoms with Crippen molar-refractivity contribution in [1.29, 1.82) is 0 Å². The zero-order chi connectivity index (χ0) is 23.8. The molecule has 1 aromatic heterocycles. The molecule has 0 spiro atoms. The smallest absolute Gasteiger partial charge is 0.309 e. The van der Waals surface area contributed by atoms with Crippen LogP contribution in [0.4, 0.5) is 0 Å². The van der Waals surface area contributed by atoms with Gasteiger partial charge < -0.3 is 15.1 Å². The monoisotopic (exact) mass is 460 g/mol. The molecule has 34 heavy (non-hydrogen) atoms. The number of hydrogen-bond donors (Lipinski definition) is 2. The zero-order valence-corrected chi connectivity index (χ0v) is 18.5. The average Bonchev–Trinajstić information content (AvgIpc) is 3.30. The third-order valence-corrected chi connectivity index (χ3v) is 6.97. The lowest BCUT2D eigenvalue weighted by Gasteiger charge is -2.43. The number of piperazine rings is 1. The van der Waals surface area contributed by atoms with E-state index >= 15 is 0 Å². The lowest BCUT2D eigenvalue weighted by atomic mass is 9.70. The molecule has 1 saturated heterocycles. The van der Waals surface area contributed by atoms with Crippen molar-refractivity contribution in [2.24, 2.45) is 5.92 Å². The molecule has 1 aliphatic carbocycles. The van der Waals surface area contributed by atoms with Gasteiger partial charge in [-0.2, -0.15) is 0 Å². The predicted octanol–water partition coefficient (Wildman–Crippen LogP) is 2.61. The lowest BCUT2D eigenvalue weighted by molar-refractivity contribution is -0.536. The molecule has 2 heterocycles. The highest BCUT2D eigenvalue weighted by atomic mass is 16.6. The molecule has 9 nitrogen and oxygen atoms in total. The third-order valence-electron chi connectivity index (χ3n) is 6.97. The normalized spacial score (nSPS) is 26.5. The Bertz CT molecular complexity index is 1170. The van der Waals surface area contributed by atoms with Crippen LogP contribution in [0.1, 0.15) is 47.9 Å². The number of hydrogen-bond acceptors (Lipinski definition) is 6. The first-order valence-electron chi connectivity index (χ1n) is 11.2. The van der Waals surface area contributed by atoms with Gasteiger partial charge in [-0.15, -0.1) is 0 Å². The first-order chi connectivity index (χ1) is 16.4. The van der Waals surface area contributed by atoms with Gasteiger partial charge in [-0.1, -0.05) is 67.6 Å². The van der Waals surface area contributed by atoms with Gasteiger partial charge in [-0.05, 0) is 11.1 Å². The maximum absolute atomic E-state index is 12.1. The van der Waals surface area contributed by atoms with Crippen LogP contribution in [0.2, 0.25) is 0 Å². The highest BCUT2D eigenvalue weighted by Gasteiger charge is 2.53. The van der Waals surface area contributed by atoms with Crippen LogP contribution < -0.4 is 10.6 Å². The van der Waals surface area contributed by atoms with Gasteiger partial charge in [0.1, 0.15) is 6.26 Å². The van der Waals surface area contributed by atoms with Crippen molar-refractivity contribution < 1.29 is 18.9 Å². The summed E-state index contributed by atoms with van der Waals surface area (Å²) in [7, 11) is 0. The second-order valence-corrected chi connectivity index (χ2v) is 8.92. The van der Waals surface area contributed by atoms with E-state index in [9.17, 15) is 19.7 Å². The Labute approximate surface area is 195 Å². The summed E-state index contributed by atoms with van der Waals surface area (Å²) in [5, 5.41) is 17.2. The zero-order valence-electron chi connectivity index (χ0n) is 18.5. The fraction of sp³-hybridized carbons (Fsp3) is 0.320. The largest absolute Gasteiger partial charge is 0.448 e. The molecule has 1 saturated carbocycles. The summed E-state index contributed by atoms with van der Waals surface area (Å²) in [6, 6.07) is 17.8. The van der Waals surface area contributed by atoms with E-state index < -0.39 is 41.8 Å². The maximum Gasteiger partial charge on any atom is 0.309 e. The fourth-order valence-corrected chi connectivity index (χ4v) is 5.30. The number of rotatable bonds is 5. The van der Waals surface area contributed by atoms with Gasteiger partial charge in [0.05, 0.1) is 29.6 Å². The van der Waals surface area contributed by atoms with Gasteiger partial charge in [0.15, 0.2) is 5.89 Å². The van der Waals surface area contributed by atoms with Crippen molar-refractivity contribution in [3.05, 3.63) is 99.8 Å². The summed E-state index contributed by atoms with van der Waals surface area (Å²) >= 11 is 0. The molecule has 2 fully saturated rings. The second-order valence-electron chi connectivity index (χ2n) is 8.92. The summed E-state index contributed by atoms with van der Waals surface area (Å²) in [4.78, 5) is 40.3. The van der Waals surface area contributed by atoms with Crippen LogP contribution in [0.3, 0.4) is 0 Å². The summed E-state index contributed by atoms with van der Waals surface area (Å²) in [5.74, 6) is -2.45. The van der Waals surface area contributed by atoms with E-state index in [4.69, 9.17) is 9.40 Å². The first kappa shape index (κ1) is 21.8. The van der Waals surface area contributed by atoms with E-state index in [-0.39, 0.29) is 17.3 Å². The number of oxazole rings is 1. The number of nitro groups is 1. The Morgan fingerprint density at radius 2 is 1.59 bits per heavy atom. The lowest BCUT2D eigenvalue weighted by Crippen LogP contribution is -2.68. The van der Waals surface area contributed by atoms with Gasteiger partial charge in [0, 0.05) is 17.3 Å². The van der Waals surface area contributed by atoms with Crippen LogP contribution in [-0.4, -0.2) is 39.8 Å². The Morgan fingerprint density at radius 3 is 2.18 bits per heavy atom. The Kier molecular flexibility index (Phi) is 5.61. The van der Waals surface area contributed by atoms with Crippen molar-refractivity contribution in [1.82, 2.24) is 15.6 Å². The molecule has 1 aliphatic heterocycles. The molecular formula is C25H24N4O5. The van der Waals surface area contributed by atoms with Crippen molar-refractivity contribution in [3.8, 4) is 0 Å². The number of carbonyl (C=O) groups excluding carboxylic acids is 2. The summed E-state index contributed by atoms with van der Waals surface area (Å²) in [6.45, 7) is 1.77. The Balaban J connectivity index is 1.55. The molecule has 2 N–H and O–H groups in total. The summed E-state index contributed by atoms with van der Waals surface area (Å²) in [6.07, 6.45) is 1.71. The molecule has 2 aromatic carbocycles. The van der Waals surface area contributed by atoms with Crippen LogP contribution in [0.25, 0.3) is 0 Å². The van der Waals surface area contributed by atoms with Gasteiger partial charge >= 0.3 is 11.8 Å². The van der Waals surface area contributed by atoms with E-state index in [1.165, 1.54) is 0 Å². The molecule has 9 heteroatoms. The number of nitrogens with zero attached hydrogens (tertiary/aromatic N) is 2. The van der Waals surface area contributed by atoms with Crippen molar-refractivity contribution >= 4 is 11.8 Å². The van der Waals surface area contributed by atoms with Crippen LogP contribution in [0.5, 0.6) is 0 Å². The van der Waals surface area contributed by atoms with E-state index in [2.05, 4.69) is 10.6 Å². The quantitative estimate of drug-likeness (QED) is 0.342. The highest BCUT2D eigenvalue weighted by Crippen LogP contribution is 2.41. The highest BCUT2D eigenvalue weighted by molar-refractivity contribution is 6.35. The minimum atomic E-state index is -0.907. The number of nitrogens with one attached hydrogen (secondary N) is 2. The Hall–Kier alpha value is -4.01. The molecule has 5 rings (SSSR count). The molecule has 5 unspecified atom stereocenters. The fourth-order valence-electron chi connectivity index (χ4n) is 5.30. The number of benzene rings is 2. The molecule has 3 aromatic rings. The molecule has 174 valence electrons. The van der Waals surface area contributed by atoms with Gasteiger partial charge in [0.25, 0.3) is 0 Å². The number of carbonyl (C=O) groups is 2. The minimum absolute atomic E-state index is 0.131. The molecule has 0 radical (unpaired) electrons. The number of fused-ring (bicyclic) bond motifs is 1. The maximum atomic E-state index is 12.1. The minimum Gasteiger partial charge on any atom is -0.448 e. The van der Waals surface area contributed by atoms with Gasteiger partial charge in [0.2, 0.25) is 6.04 Å². The van der Waals surface area contributed by atoms with Crippen LogP contribution in [0.15, 0.2) is 71.3 Å². The first-order valence-corrected chi connectivity index (χ1v) is 11.2. The standard InChI is InChI=1S/C25H24N4O5/c1-14-19(29(32)33)12-17-22(28-24(31)23(30)26-17)20(14)25-27-18(13-34-25)21(15-8-4-2-5-9-15)16-10-6-3-7-11-16/h2-11,13-14,17,19-22H,12H2,1H3,(H,26,30)(H,28,31). The SMILES string of the molecule is CC1C(c2nc(C(c3ccccc3)c3ccccc3)co2)C2NC(=O)C(=O)NC2CC1[N+](=O)[O-]. The average molecular weight is 460 g/mol. The van der Waals surface area contributed by atoms with Crippen molar-refractivity contribution in [3.63, 3.8) is 0 Å².